The summed E-state index contributed by atoms with van der Waals surface area (Å²) in [5.41, 5.74) is 0. The fourth-order valence-corrected chi connectivity index (χ4v) is 2.45. The van der Waals surface area contributed by atoms with Crippen LogP contribution in [0.2, 0.25) is 0 Å². The van der Waals surface area contributed by atoms with Gasteiger partial charge in [0.25, 0.3) is 0 Å². The number of hydrogen-bond acceptors (Lipinski definition) is 6. The van der Waals surface area contributed by atoms with Crippen molar-refractivity contribution in [3.05, 3.63) is 0 Å². The van der Waals surface area contributed by atoms with Crippen molar-refractivity contribution in [1.29, 1.82) is 0 Å². The Morgan fingerprint density at radius 2 is 2.00 bits per heavy atom. The summed E-state index contributed by atoms with van der Waals surface area (Å²) in [6.07, 6.45) is 2.38. The molecule has 1 aromatic rings. The molecule has 96 valence electrons. The molecular weight excluding hydrogens is 234 g/mol. The van der Waals surface area contributed by atoms with E-state index in [0.29, 0.717) is 0 Å². The third-order valence-electron chi connectivity index (χ3n) is 3.10. The second kappa shape index (κ2) is 6.16. The van der Waals surface area contributed by atoms with E-state index in [1.54, 1.807) is 0 Å². The van der Waals surface area contributed by atoms with Gasteiger partial charge in [-0.05, 0) is 13.5 Å². The first-order valence-electron chi connectivity index (χ1n) is 6.31. The van der Waals surface area contributed by atoms with Crippen LogP contribution in [-0.4, -0.2) is 53.4 Å². The van der Waals surface area contributed by atoms with Crippen molar-refractivity contribution >= 4 is 23.4 Å². The number of nitrogens with zero attached hydrogens (tertiary/aromatic N) is 4. The van der Waals surface area contributed by atoms with E-state index in [0.717, 1.165) is 44.4 Å². The van der Waals surface area contributed by atoms with Crippen LogP contribution in [0.25, 0.3) is 0 Å². The van der Waals surface area contributed by atoms with Crippen molar-refractivity contribution in [3.8, 4) is 0 Å². The molecule has 2 rings (SSSR count). The molecule has 1 aliphatic heterocycles. The summed E-state index contributed by atoms with van der Waals surface area (Å²) in [6, 6.07) is 0. The summed E-state index contributed by atoms with van der Waals surface area (Å²) < 4.78 is 8.77. The lowest BCUT2D eigenvalue weighted by atomic mass is 10.3. The van der Waals surface area contributed by atoms with Crippen LogP contribution < -0.4 is 10.2 Å². The van der Waals surface area contributed by atoms with E-state index in [2.05, 4.69) is 37.8 Å². The van der Waals surface area contributed by atoms with Crippen LogP contribution in [-0.2, 0) is 0 Å². The Balaban J connectivity index is 1.93. The summed E-state index contributed by atoms with van der Waals surface area (Å²) >= 11 is 1.30. The molecule has 0 saturated carbocycles. The molecule has 0 spiro atoms. The minimum Gasteiger partial charge on any atom is -0.366 e. The standard InChI is InChI=1S/C11H21N5S/c1-3-4-5-12-10-11(14-17-13-10)16-8-6-15(2)7-9-16/h3-9H2,1-2H3,(H,12,13). The molecule has 0 amide bonds. The van der Waals surface area contributed by atoms with Gasteiger partial charge in [0.1, 0.15) is 0 Å². The van der Waals surface area contributed by atoms with Gasteiger partial charge >= 0.3 is 0 Å². The number of anilines is 2. The normalized spacial score (nSPS) is 17.4. The van der Waals surface area contributed by atoms with Crippen molar-refractivity contribution in [3.63, 3.8) is 0 Å². The number of aromatic nitrogens is 2. The van der Waals surface area contributed by atoms with E-state index in [9.17, 15) is 0 Å². The molecular formula is C11H21N5S. The highest BCUT2D eigenvalue weighted by molar-refractivity contribution is 6.99. The van der Waals surface area contributed by atoms with Crippen LogP contribution in [0.5, 0.6) is 0 Å². The van der Waals surface area contributed by atoms with Gasteiger partial charge in [0.05, 0.1) is 11.7 Å². The second-order valence-corrected chi connectivity index (χ2v) is 5.04. The Kier molecular flexibility index (Phi) is 4.56. The maximum absolute atomic E-state index is 4.42. The third-order valence-corrected chi connectivity index (χ3v) is 3.62. The molecule has 1 fully saturated rings. The Morgan fingerprint density at radius 3 is 2.71 bits per heavy atom. The van der Waals surface area contributed by atoms with Gasteiger partial charge in [0.2, 0.25) is 0 Å². The van der Waals surface area contributed by atoms with Gasteiger partial charge in [0.15, 0.2) is 11.6 Å². The van der Waals surface area contributed by atoms with Gasteiger partial charge in [0, 0.05) is 32.7 Å². The molecule has 0 aromatic carbocycles. The Bertz CT molecular complexity index is 332. The fourth-order valence-electron chi connectivity index (χ4n) is 1.90. The SMILES string of the molecule is CCCCNc1nsnc1N1CCN(C)CC1. The second-order valence-electron chi connectivity index (χ2n) is 4.51. The summed E-state index contributed by atoms with van der Waals surface area (Å²) in [5, 5.41) is 3.38. The van der Waals surface area contributed by atoms with Gasteiger partial charge in [-0.15, -0.1) is 0 Å². The van der Waals surface area contributed by atoms with Crippen LogP contribution >= 0.6 is 11.7 Å². The van der Waals surface area contributed by atoms with Crippen LogP contribution in [0.3, 0.4) is 0 Å². The quantitative estimate of drug-likeness (QED) is 0.808. The average Bonchev–Trinajstić information content (AvgIpc) is 2.79. The molecule has 5 nitrogen and oxygen atoms in total. The Hall–Kier alpha value is -0.880. The molecule has 0 unspecified atom stereocenters. The number of rotatable bonds is 5. The van der Waals surface area contributed by atoms with E-state index in [1.165, 1.54) is 24.6 Å². The number of hydrogen-bond donors (Lipinski definition) is 1. The molecule has 1 aromatic heterocycles. The topological polar surface area (TPSA) is 44.3 Å². The van der Waals surface area contributed by atoms with E-state index >= 15 is 0 Å². The lowest BCUT2D eigenvalue weighted by molar-refractivity contribution is 0.312. The summed E-state index contributed by atoms with van der Waals surface area (Å²) in [6.45, 7) is 7.48. The minimum atomic E-state index is 0.966. The van der Waals surface area contributed by atoms with E-state index < -0.39 is 0 Å². The number of likely N-dealkylation sites (N-methyl/N-ethyl adjacent to an activating group) is 1. The molecule has 1 saturated heterocycles. The highest BCUT2D eigenvalue weighted by Crippen LogP contribution is 2.24. The molecule has 0 aliphatic carbocycles. The monoisotopic (exact) mass is 255 g/mol. The molecule has 0 radical (unpaired) electrons. The van der Waals surface area contributed by atoms with E-state index in [-0.39, 0.29) is 0 Å². The van der Waals surface area contributed by atoms with Gasteiger partial charge in [-0.2, -0.15) is 8.75 Å². The molecule has 2 heterocycles. The molecule has 1 N–H and O–H groups in total. The Morgan fingerprint density at radius 1 is 1.24 bits per heavy atom. The van der Waals surface area contributed by atoms with Crippen molar-refractivity contribution in [2.45, 2.75) is 19.8 Å². The molecule has 6 heteroatoms. The summed E-state index contributed by atoms with van der Waals surface area (Å²) in [4.78, 5) is 4.68. The maximum Gasteiger partial charge on any atom is 0.187 e. The lowest BCUT2D eigenvalue weighted by Crippen LogP contribution is -2.44. The van der Waals surface area contributed by atoms with Crippen molar-refractivity contribution in [1.82, 2.24) is 13.6 Å². The van der Waals surface area contributed by atoms with E-state index in [1.807, 2.05) is 0 Å². The number of nitrogens with one attached hydrogen (secondary N) is 1. The fraction of sp³-hybridized carbons (Fsp3) is 0.818. The summed E-state index contributed by atoms with van der Waals surface area (Å²) in [7, 11) is 2.16. The van der Waals surface area contributed by atoms with Crippen LogP contribution in [0.4, 0.5) is 11.6 Å². The van der Waals surface area contributed by atoms with Gasteiger partial charge < -0.3 is 15.1 Å². The summed E-state index contributed by atoms with van der Waals surface area (Å²) in [5.74, 6) is 2.01. The highest BCUT2D eigenvalue weighted by Gasteiger charge is 2.19. The van der Waals surface area contributed by atoms with Gasteiger partial charge in [-0.1, -0.05) is 13.3 Å². The van der Waals surface area contributed by atoms with Crippen LogP contribution in [0.15, 0.2) is 0 Å². The predicted molar refractivity (Wildman–Crippen MR) is 73.0 cm³/mol. The maximum atomic E-state index is 4.42. The molecule has 1 aliphatic rings. The van der Waals surface area contributed by atoms with Gasteiger partial charge in [-0.25, -0.2) is 0 Å². The zero-order chi connectivity index (χ0) is 12.1. The van der Waals surface area contributed by atoms with Gasteiger partial charge in [-0.3, -0.25) is 0 Å². The van der Waals surface area contributed by atoms with Crippen LogP contribution in [0, 0.1) is 0 Å². The molecule has 0 atom stereocenters. The predicted octanol–water partition coefficient (Wildman–Crippen LogP) is 1.50. The van der Waals surface area contributed by atoms with Crippen LogP contribution in [0.1, 0.15) is 19.8 Å². The first-order chi connectivity index (χ1) is 8.31. The van der Waals surface area contributed by atoms with Crippen molar-refractivity contribution in [2.75, 3.05) is 50.0 Å². The van der Waals surface area contributed by atoms with E-state index in [4.69, 9.17) is 0 Å². The van der Waals surface area contributed by atoms with Crippen molar-refractivity contribution < 1.29 is 0 Å². The smallest absolute Gasteiger partial charge is 0.187 e. The van der Waals surface area contributed by atoms with Crippen molar-refractivity contribution in [2.24, 2.45) is 0 Å². The first kappa shape index (κ1) is 12.6. The Labute approximate surface area is 107 Å². The largest absolute Gasteiger partial charge is 0.366 e. The first-order valence-corrected chi connectivity index (χ1v) is 7.04. The number of piperazine rings is 1. The molecule has 17 heavy (non-hydrogen) atoms. The third kappa shape index (κ3) is 3.29. The minimum absolute atomic E-state index is 0.966. The number of unbranched alkanes of at least 4 members (excludes halogenated alkanes) is 1. The average molecular weight is 255 g/mol. The zero-order valence-corrected chi connectivity index (χ0v) is 11.5. The molecule has 0 bridgehead atoms. The zero-order valence-electron chi connectivity index (χ0n) is 10.6. The lowest BCUT2D eigenvalue weighted by Gasteiger charge is -2.32. The highest BCUT2D eigenvalue weighted by atomic mass is 32.1.